The van der Waals surface area contributed by atoms with Gasteiger partial charge in [0, 0.05) is 25.2 Å². The van der Waals surface area contributed by atoms with E-state index in [-0.39, 0.29) is 6.03 Å². The lowest BCUT2D eigenvalue weighted by atomic mass is 10.3. The second kappa shape index (κ2) is 3.90. The van der Waals surface area contributed by atoms with E-state index in [1.165, 1.54) is 0 Å². The summed E-state index contributed by atoms with van der Waals surface area (Å²) in [6, 6.07) is 0.162. The summed E-state index contributed by atoms with van der Waals surface area (Å²) in [6.45, 7) is 0.368. The average Bonchev–Trinajstić information content (AvgIpc) is 2.94. The molecule has 1 saturated carbocycles. The summed E-state index contributed by atoms with van der Waals surface area (Å²) < 4.78 is 1.61. The molecule has 0 aliphatic heterocycles. The van der Waals surface area contributed by atoms with Gasteiger partial charge in [-0.25, -0.2) is 4.79 Å². The smallest absolute Gasteiger partial charge is 0.320 e. The van der Waals surface area contributed by atoms with E-state index in [0.29, 0.717) is 18.4 Å². The molecule has 1 aromatic rings. The number of anilines is 1. The Kier molecular flexibility index (Phi) is 2.59. The van der Waals surface area contributed by atoms with Crippen molar-refractivity contribution in [1.29, 1.82) is 0 Å². The second-order valence-electron chi connectivity index (χ2n) is 3.72. The van der Waals surface area contributed by atoms with Gasteiger partial charge in [0.2, 0.25) is 0 Å². The Labute approximate surface area is 87.8 Å². The van der Waals surface area contributed by atoms with Crippen LogP contribution in [0.4, 0.5) is 10.6 Å². The van der Waals surface area contributed by atoms with Gasteiger partial charge in [0.1, 0.15) is 5.82 Å². The molecular formula is C9H15N5O. The van der Waals surface area contributed by atoms with Gasteiger partial charge in [0.05, 0.1) is 6.20 Å². The van der Waals surface area contributed by atoms with Crippen LogP contribution in [0.25, 0.3) is 0 Å². The number of nitrogens with two attached hydrogens (primary N) is 1. The number of carbonyl (C=O) groups is 1. The molecule has 1 aromatic heterocycles. The molecule has 0 unspecified atom stereocenters. The van der Waals surface area contributed by atoms with Crippen LogP contribution in [0.1, 0.15) is 18.4 Å². The SMILES string of the molecule is Cn1ncc(CN)c1NC(=O)NC1CC1. The molecule has 15 heavy (non-hydrogen) atoms. The molecule has 1 heterocycles. The van der Waals surface area contributed by atoms with Gasteiger partial charge in [-0.3, -0.25) is 10.00 Å². The zero-order valence-electron chi connectivity index (χ0n) is 8.66. The van der Waals surface area contributed by atoms with Gasteiger partial charge in [0.15, 0.2) is 0 Å². The summed E-state index contributed by atoms with van der Waals surface area (Å²) in [5.41, 5.74) is 6.36. The van der Waals surface area contributed by atoms with Crippen LogP contribution in [-0.2, 0) is 13.6 Å². The number of urea groups is 1. The maximum absolute atomic E-state index is 11.5. The van der Waals surface area contributed by atoms with E-state index in [1.807, 2.05) is 0 Å². The first kappa shape index (κ1) is 9.97. The molecule has 1 fully saturated rings. The molecule has 2 rings (SSSR count). The lowest BCUT2D eigenvalue weighted by Gasteiger charge is -2.08. The third kappa shape index (κ3) is 2.27. The van der Waals surface area contributed by atoms with E-state index in [0.717, 1.165) is 18.4 Å². The number of rotatable bonds is 3. The predicted molar refractivity (Wildman–Crippen MR) is 56.3 cm³/mol. The monoisotopic (exact) mass is 209 g/mol. The molecule has 2 amide bonds. The molecule has 0 saturated heterocycles. The van der Waals surface area contributed by atoms with E-state index in [2.05, 4.69) is 15.7 Å². The van der Waals surface area contributed by atoms with E-state index in [1.54, 1.807) is 17.9 Å². The Morgan fingerprint density at radius 2 is 2.47 bits per heavy atom. The number of hydrogen-bond donors (Lipinski definition) is 3. The van der Waals surface area contributed by atoms with E-state index in [4.69, 9.17) is 5.73 Å². The Balaban J connectivity index is 2.01. The fourth-order valence-electron chi connectivity index (χ4n) is 1.35. The minimum Gasteiger partial charge on any atom is -0.335 e. The number of nitrogens with zero attached hydrogens (tertiary/aromatic N) is 2. The van der Waals surface area contributed by atoms with Crippen LogP contribution in [0.5, 0.6) is 0 Å². The van der Waals surface area contributed by atoms with Crippen LogP contribution in [-0.4, -0.2) is 21.9 Å². The molecule has 82 valence electrons. The van der Waals surface area contributed by atoms with E-state index >= 15 is 0 Å². The van der Waals surface area contributed by atoms with Crippen molar-refractivity contribution in [3.05, 3.63) is 11.8 Å². The maximum Gasteiger partial charge on any atom is 0.320 e. The van der Waals surface area contributed by atoms with Crippen molar-refractivity contribution in [2.45, 2.75) is 25.4 Å². The fourth-order valence-corrected chi connectivity index (χ4v) is 1.35. The summed E-state index contributed by atoms with van der Waals surface area (Å²) in [5.74, 6) is 0.663. The van der Waals surface area contributed by atoms with Crippen LogP contribution in [0.15, 0.2) is 6.20 Å². The normalized spacial score (nSPS) is 15.1. The highest BCUT2D eigenvalue weighted by Gasteiger charge is 2.23. The third-order valence-electron chi connectivity index (χ3n) is 2.38. The van der Waals surface area contributed by atoms with Crippen molar-refractivity contribution in [1.82, 2.24) is 15.1 Å². The van der Waals surface area contributed by atoms with Crippen molar-refractivity contribution in [3.63, 3.8) is 0 Å². The highest BCUT2D eigenvalue weighted by molar-refractivity contribution is 5.89. The molecule has 0 bridgehead atoms. The van der Waals surface area contributed by atoms with Crippen molar-refractivity contribution in [3.8, 4) is 0 Å². The topological polar surface area (TPSA) is 85.0 Å². The molecule has 0 spiro atoms. The van der Waals surface area contributed by atoms with Crippen LogP contribution in [0, 0.1) is 0 Å². The van der Waals surface area contributed by atoms with Gasteiger partial charge >= 0.3 is 6.03 Å². The minimum absolute atomic E-state index is 0.184. The highest BCUT2D eigenvalue weighted by Crippen LogP contribution is 2.19. The number of aryl methyl sites for hydroxylation is 1. The molecule has 0 atom stereocenters. The standard InChI is InChI=1S/C9H15N5O/c1-14-8(6(4-10)5-11-14)13-9(15)12-7-2-3-7/h5,7H,2-4,10H2,1H3,(H2,12,13,15). The molecule has 0 aromatic carbocycles. The van der Waals surface area contributed by atoms with Gasteiger partial charge in [-0.15, -0.1) is 0 Å². The van der Waals surface area contributed by atoms with Gasteiger partial charge in [0.25, 0.3) is 0 Å². The molecule has 6 nitrogen and oxygen atoms in total. The summed E-state index contributed by atoms with van der Waals surface area (Å²) in [7, 11) is 1.77. The minimum atomic E-state index is -0.184. The first-order chi connectivity index (χ1) is 7.20. The van der Waals surface area contributed by atoms with Gasteiger partial charge in [-0.2, -0.15) is 5.10 Å². The number of carbonyl (C=O) groups excluding carboxylic acids is 1. The predicted octanol–water partition coefficient (Wildman–Crippen LogP) is 0.163. The van der Waals surface area contributed by atoms with Crippen LogP contribution >= 0.6 is 0 Å². The Morgan fingerprint density at radius 3 is 3.07 bits per heavy atom. The van der Waals surface area contributed by atoms with Crippen LogP contribution < -0.4 is 16.4 Å². The zero-order valence-corrected chi connectivity index (χ0v) is 8.66. The average molecular weight is 209 g/mol. The van der Waals surface area contributed by atoms with Gasteiger partial charge < -0.3 is 11.1 Å². The molecule has 4 N–H and O–H groups in total. The Hall–Kier alpha value is -1.56. The van der Waals surface area contributed by atoms with Crippen molar-refractivity contribution < 1.29 is 4.79 Å². The first-order valence-corrected chi connectivity index (χ1v) is 4.99. The van der Waals surface area contributed by atoms with Gasteiger partial charge in [-0.1, -0.05) is 0 Å². The molecule has 6 heteroatoms. The number of hydrogen-bond acceptors (Lipinski definition) is 3. The summed E-state index contributed by atoms with van der Waals surface area (Å²) >= 11 is 0. The fraction of sp³-hybridized carbons (Fsp3) is 0.556. The van der Waals surface area contributed by atoms with Gasteiger partial charge in [-0.05, 0) is 12.8 Å². The second-order valence-corrected chi connectivity index (χ2v) is 3.72. The first-order valence-electron chi connectivity index (χ1n) is 4.99. The molecule has 1 aliphatic carbocycles. The molecule has 0 radical (unpaired) electrons. The lowest BCUT2D eigenvalue weighted by molar-refractivity contribution is 0.251. The maximum atomic E-state index is 11.5. The number of aromatic nitrogens is 2. The van der Waals surface area contributed by atoms with Crippen LogP contribution in [0.3, 0.4) is 0 Å². The van der Waals surface area contributed by atoms with Crippen LogP contribution in [0.2, 0.25) is 0 Å². The lowest BCUT2D eigenvalue weighted by Crippen LogP contribution is -2.31. The van der Waals surface area contributed by atoms with Crippen molar-refractivity contribution >= 4 is 11.8 Å². The largest absolute Gasteiger partial charge is 0.335 e. The zero-order chi connectivity index (χ0) is 10.8. The van der Waals surface area contributed by atoms with Crippen molar-refractivity contribution in [2.75, 3.05) is 5.32 Å². The number of amides is 2. The molecular weight excluding hydrogens is 194 g/mol. The van der Waals surface area contributed by atoms with Crippen molar-refractivity contribution in [2.24, 2.45) is 12.8 Å². The summed E-state index contributed by atoms with van der Waals surface area (Å²) in [4.78, 5) is 11.5. The van der Waals surface area contributed by atoms with E-state index < -0.39 is 0 Å². The highest BCUT2D eigenvalue weighted by atomic mass is 16.2. The molecule has 1 aliphatic rings. The Morgan fingerprint density at radius 1 is 1.73 bits per heavy atom. The van der Waals surface area contributed by atoms with E-state index in [9.17, 15) is 4.79 Å². The summed E-state index contributed by atoms with van der Waals surface area (Å²) in [6.07, 6.45) is 3.80. The quantitative estimate of drug-likeness (QED) is 0.663. The third-order valence-corrected chi connectivity index (χ3v) is 2.38. The summed E-state index contributed by atoms with van der Waals surface area (Å²) in [5, 5.41) is 9.62. The Bertz CT molecular complexity index is 369. The number of nitrogens with one attached hydrogen (secondary N) is 2.